The van der Waals surface area contributed by atoms with Crippen molar-refractivity contribution in [3.8, 4) is 0 Å². The average Bonchev–Trinajstić information content (AvgIpc) is 2.72. The van der Waals surface area contributed by atoms with E-state index < -0.39 is 5.92 Å². The maximum absolute atomic E-state index is 13.4. The number of aromatic nitrogens is 1. The Balaban J connectivity index is 1.22. The molecular formula is C24H38F2N4S. The molecule has 0 unspecified atom stereocenters. The van der Waals surface area contributed by atoms with Crippen molar-refractivity contribution in [3.05, 3.63) is 18.3 Å². The van der Waals surface area contributed by atoms with Crippen LogP contribution in [0.4, 0.5) is 14.6 Å². The number of piperidine rings is 3. The lowest BCUT2D eigenvalue weighted by Gasteiger charge is -2.47. The molecule has 4 nitrogen and oxygen atoms in total. The SMILES string of the molecule is CC(C)(C)CN1CCC2(CC1)CCN(Sc1ccc(N3CCC(F)(F)CC3)nc1)CC2. The van der Waals surface area contributed by atoms with E-state index in [0.29, 0.717) is 23.9 Å². The molecule has 174 valence electrons. The third kappa shape index (κ3) is 6.32. The lowest BCUT2D eigenvalue weighted by Crippen LogP contribution is -2.47. The second-order valence-electron chi connectivity index (χ2n) is 11.1. The van der Waals surface area contributed by atoms with Crippen LogP contribution in [0.5, 0.6) is 0 Å². The summed E-state index contributed by atoms with van der Waals surface area (Å²) in [5.41, 5.74) is 0.928. The van der Waals surface area contributed by atoms with Gasteiger partial charge in [-0.2, -0.15) is 0 Å². The molecule has 3 aliphatic heterocycles. The van der Waals surface area contributed by atoms with Crippen molar-refractivity contribution in [2.45, 2.75) is 70.1 Å². The number of pyridine rings is 1. The van der Waals surface area contributed by atoms with E-state index in [4.69, 9.17) is 0 Å². The van der Waals surface area contributed by atoms with E-state index in [1.807, 2.05) is 17.2 Å². The standard InChI is InChI=1S/C24H38F2N4S/c1-22(2,3)19-28-12-6-23(7-13-28)8-16-30(17-9-23)31-20-4-5-21(27-18-20)29-14-10-24(25,26)11-15-29/h4-5,18H,6-17,19H2,1-3H3. The zero-order valence-electron chi connectivity index (χ0n) is 19.4. The summed E-state index contributed by atoms with van der Waals surface area (Å²) in [5, 5.41) is 0. The minimum atomic E-state index is -2.51. The molecule has 0 saturated carbocycles. The highest BCUT2D eigenvalue weighted by atomic mass is 32.2. The molecule has 0 bridgehead atoms. The van der Waals surface area contributed by atoms with Gasteiger partial charge in [0, 0.05) is 56.7 Å². The number of hydrogen-bond acceptors (Lipinski definition) is 5. The summed E-state index contributed by atoms with van der Waals surface area (Å²) in [6, 6.07) is 4.08. The van der Waals surface area contributed by atoms with E-state index in [0.717, 1.165) is 23.8 Å². The third-order valence-electron chi connectivity index (χ3n) is 7.17. The molecule has 0 aromatic carbocycles. The molecule has 1 spiro atoms. The summed E-state index contributed by atoms with van der Waals surface area (Å²) in [6.45, 7) is 13.7. The normalized spacial score (nSPS) is 25.1. The maximum atomic E-state index is 13.4. The van der Waals surface area contributed by atoms with Gasteiger partial charge in [0.25, 0.3) is 5.92 Å². The Morgan fingerprint density at radius 3 is 2.06 bits per heavy atom. The Morgan fingerprint density at radius 2 is 1.52 bits per heavy atom. The van der Waals surface area contributed by atoms with Crippen molar-refractivity contribution in [2.75, 3.05) is 50.7 Å². The van der Waals surface area contributed by atoms with E-state index in [9.17, 15) is 8.78 Å². The number of alkyl halides is 2. The smallest absolute Gasteiger partial charge is 0.251 e. The average molecular weight is 453 g/mol. The first-order valence-electron chi connectivity index (χ1n) is 11.9. The lowest BCUT2D eigenvalue weighted by atomic mass is 9.71. The quantitative estimate of drug-likeness (QED) is 0.557. The van der Waals surface area contributed by atoms with Crippen molar-refractivity contribution < 1.29 is 8.78 Å². The molecule has 0 radical (unpaired) electrons. The second-order valence-corrected chi connectivity index (χ2v) is 12.2. The molecule has 1 aromatic heterocycles. The fourth-order valence-electron chi connectivity index (χ4n) is 5.23. The van der Waals surface area contributed by atoms with Gasteiger partial charge >= 0.3 is 0 Å². The van der Waals surface area contributed by atoms with Gasteiger partial charge in [-0.1, -0.05) is 20.8 Å². The van der Waals surface area contributed by atoms with Crippen LogP contribution in [0, 0.1) is 10.8 Å². The van der Waals surface area contributed by atoms with Crippen LogP contribution in [0.1, 0.15) is 59.3 Å². The van der Waals surface area contributed by atoms with Crippen LogP contribution < -0.4 is 4.90 Å². The number of hydrogen-bond donors (Lipinski definition) is 0. The minimum absolute atomic E-state index is 0.0747. The van der Waals surface area contributed by atoms with Crippen molar-refractivity contribution in [1.29, 1.82) is 0 Å². The Hall–Kier alpha value is -0.920. The molecule has 3 fully saturated rings. The summed E-state index contributed by atoms with van der Waals surface area (Å²) in [7, 11) is 0. The van der Waals surface area contributed by atoms with E-state index in [1.165, 1.54) is 45.3 Å². The molecule has 4 heterocycles. The molecule has 1 aromatic rings. The number of likely N-dealkylation sites (tertiary alicyclic amines) is 1. The van der Waals surface area contributed by atoms with Crippen molar-refractivity contribution in [3.63, 3.8) is 0 Å². The molecule has 3 aliphatic rings. The molecule has 0 N–H and O–H groups in total. The molecule has 0 aliphatic carbocycles. The predicted molar refractivity (Wildman–Crippen MR) is 125 cm³/mol. The maximum Gasteiger partial charge on any atom is 0.251 e. The number of anilines is 1. The second kappa shape index (κ2) is 9.14. The first-order valence-corrected chi connectivity index (χ1v) is 12.6. The number of rotatable bonds is 4. The molecule has 31 heavy (non-hydrogen) atoms. The van der Waals surface area contributed by atoms with Crippen LogP contribution in [0.2, 0.25) is 0 Å². The van der Waals surface area contributed by atoms with E-state index in [-0.39, 0.29) is 12.8 Å². The van der Waals surface area contributed by atoms with Crippen LogP contribution in [0.25, 0.3) is 0 Å². The third-order valence-corrected chi connectivity index (χ3v) is 8.25. The first-order chi connectivity index (χ1) is 14.6. The first kappa shape index (κ1) is 23.2. The fraction of sp³-hybridized carbons (Fsp3) is 0.792. The number of halogens is 2. The van der Waals surface area contributed by atoms with Crippen LogP contribution in [0.3, 0.4) is 0 Å². The Kier molecular flexibility index (Phi) is 6.86. The van der Waals surface area contributed by atoms with Crippen LogP contribution in [-0.4, -0.2) is 65.9 Å². The van der Waals surface area contributed by atoms with Gasteiger partial charge in [-0.05, 0) is 73.7 Å². The topological polar surface area (TPSA) is 22.6 Å². The van der Waals surface area contributed by atoms with Gasteiger partial charge in [0.1, 0.15) is 5.82 Å². The largest absolute Gasteiger partial charge is 0.356 e. The van der Waals surface area contributed by atoms with E-state index in [2.05, 4.69) is 41.0 Å². The Morgan fingerprint density at radius 1 is 0.903 bits per heavy atom. The summed E-state index contributed by atoms with van der Waals surface area (Å²) in [5.74, 6) is -1.69. The summed E-state index contributed by atoms with van der Waals surface area (Å²) in [4.78, 5) is 10.3. The van der Waals surface area contributed by atoms with Crippen LogP contribution >= 0.6 is 11.9 Å². The minimum Gasteiger partial charge on any atom is -0.356 e. The number of nitrogens with zero attached hydrogens (tertiary/aromatic N) is 4. The Labute approximate surface area is 190 Å². The Bertz CT molecular complexity index is 706. The highest BCUT2D eigenvalue weighted by Crippen LogP contribution is 2.43. The molecule has 3 saturated heterocycles. The van der Waals surface area contributed by atoms with E-state index >= 15 is 0 Å². The monoisotopic (exact) mass is 452 g/mol. The van der Waals surface area contributed by atoms with Crippen molar-refractivity contribution in [1.82, 2.24) is 14.2 Å². The van der Waals surface area contributed by atoms with Crippen LogP contribution in [0.15, 0.2) is 23.2 Å². The molecule has 7 heteroatoms. The van der Waals surface area contributed by atoms with Crippen molar-refractivity contribution in [2.24, 2.45) is 10.8 Å². The summed E-state index contributed by atoms with van der Waals surface area (Å²) in [6.07, 6.45) is 7.01. The van der Waals surface area contributed by atoms with Crippen LogP contribution in [-0.2, 0) is 0 Å². The van der Waals surface area contributed by atoms with Gasteiger partial charge in [0.2, 0.25) is 0 Å². The van der Waals surface area contributed by atoms with Gasteiger partial charge in [-0.15, -0.1) is 0 Å². The van der Waals surface area contributed by atoms with Gasteiger partial charge in [0.05, 0.1) is 0 Å². The molecule has 4 rings (SSSR count). The van der Waals surface area contributed by atoms with Gasteiger partial charge in [0.15, 0.2) is 0 Å². The van der Waals surface area contributed by atoms with Gasteiger partial charge in [-0.25, -0.2) is 18.1 Å². The predicted octanol–water partition coefficient (Wildman–Crippen LogP) is 5.55. The highest BCUT2D eigenvalue weighted by molar-refractivity contribution is 7.97. The van der Waals surface area contributed by atoms with Gasteiger partial charge in [-0.3, -0.25) is 0 Å². The molecule has 0 atom stereocenters. The van der Waals surface area contributed by atoms with Crippen molar-refractivity contribution >= 4 is 17.8 Å². The summed E-state index contributed by atoms with van der Waals surface area (Å²) >= 11 is 1.80. The zero-order valence-corrected chi connectivity index (χ0v) is 20.2. The zero-order chi connectivity index (χ0) is 22.1. The lowest BCUT2D eigenvalue weighted by molar-refractivity contribution is -0.0221. The highest BCUT2D eigenvalue weighted by Gasteiger charge is 2.38. The molecular weight excluding hydrogens is 414 g/mol. The fourth-order valence-corrected chi connectivity index (χ4v) is 6.13. The van der Waals surface area contributed by atoms with E-state index in [1.54, 1.807) is 11.9 Å². The summed E-state index contributed by atoms with van der Waals surface area (Å²) < 4.78 is 29.2. The van der Waals surface area contributed by atoms with Gasteiger partial charge < -0.3 is 9.80 Å². The molecule has 0 amide bonds.